The fourth-order valence-corrected chi connectivity index (χ4v) is 2.17. The Morgan fingerprint density at radius 3 is 2.38 bits per heavy atom. The van der Waals surface area contributed by atoms with Gasteiger partial charge in [-0.05, 0) is 36.4 Å². The highest BCUT2D eigenvalue weighted by Crippen LogP contribution is 2.31. The summed E-state index contributed by atoms with van der Waals surface area (Å²) in [7, 11) is 0. The van der Waals surface area contributed by atoms with Crippen molar-refractivity contribution in [1.82, 2.24) is 4.98 Å². The summed E-state index contributed by atoms with van der Waals surface area (Å²) < 4.78 is 39.1. The molecule has 2 aromatic rings. The minimum Gasteiger partial charge on any atom is -0.329 e. The molecule has 0 bridgehead atoms. The fraction of sp³-hybridized carbons (Fsp3) is 0.200. The summed E-state index contributed by atoms with van der Waals surface area (Å²) >= 11 is 5.79. The zero-order valence-corrected chi connectivity index (χ0v) is 13.8. The molecule has 0 saturated heterocycles. The highest BCUT2D eigenvalue weighted by Gasteiger charge is 2.38. The number of rotatable bonds is 4. The Balaban J connectivity index is 0.00000288. The average Bonchev–Trinajstić information content (AvgIpc) is 2.52. The quantitative estimate of drug-likeness (QED) is 0.878. The van der Waals surface area contributed by atoms with E-state index in [9.17, 15) is 18.0 Å². The Morgan fingerprint density at radius 1 is 1.21 bits per heavy atom. The number of carbonyl (C=O) groups excluding carboxylic acids is 1. The maximum absolute atomic E-state index is 13.0. The van der Waals surface area contributed by atoms with Crippen LogP contribution >= 0.6 is 24.0 Å². The molecule has 1 amide bonds. The number of hydrogen-bond acceptors (Lipinski definition) is 3. The number of halogens is 5. The first kappa shape index (κ1) is 20.2. The van der Waals surface area contributed by atoms with E-state index < -0.39 is 23.3 Å². The summed E-state index contributed by atoms with van der Waals surface area (Å²) in [5, 5.41) is 0.450. The molecule has 0 aliphatic heterocycles. The normalized spacial score (nSPS) is 10.9. The van der Waals surface area contributed by atoms with Crippen molar-refractivity contribution in [3.63, 3.8) is 0 Å². The lowest BCUT2D eigenvalue weighted by Gasteiger charge is -2.23. The van der Waals surface area contributed by atoms with Crippen LogP contribution < -0.4 is 10.6 Å². The Bertz CT molecular complexity index is 693. The fourth-order valence-electron chi connectivity index (χ4n) is 2.05. The SMILES string of the molecule is Cl.NCCN(C(=O)c1cccnc1C(F)(F)F)c1ccc(Cl)cc1. The van der Waals surface area contributed by atoms with Crippen molar-refractivity contribution in [3.05, 3.63) is 58.9 Å². The van der Waals surface area contributed by atoms with E-state index in [1.807, 2.05) is 0 Å². The van der Waals surface area contributed by atoms with Crippen LogP contribution in [-0.2, 0) is 6.18 Å². The van der Waals surface area contributed by atoms with Gasteiger partial charge in [0.25, 0.3) is 5.91 Å². The third-order valence-corrected chi connectivity index (χ3v) is 3.29. The molecule has 0 spiro atoms. The molecular formula is C15H14Cl2F3N3O. The summed E-state index contributed by atoms with van der Waals surface area (Å²) in [4.78, 5) is 17.1. The molecule has 0 aliphatic rings. The molecule has 2 rings (SSSR count). The highest BCUT2D eigenvalue weighted by molar-refractivity contribution is 6.30. The van der Waals surface area contributed by atoms with E-state index in [0.29, 0.717) is 10.7 Å². The first-order chi connectivity index (χ1) is 10.8. The molecule has 1 aromatic heterocycles. The first-order valence-electron chi connectivity index (χ1n) is 6.64. The lowest BCUT2D eigenvalue weighted by atomic mass is 10.1. The third-order valence-electron chi connectivity index (χ3n) is 3.04. The second-order valence-corrected chi connectivity index (χ2v) is 5.06. The number of anilines is 1. The molecule has 0 unspecified atom stereocenters. The van der Waals surface area contributed by atoms with Crippen molar-refractivity contribution in [2.24, 2.45) is 5.73 Å². The number of nitrogens with two attached hydrogens (primary N) is 1. The van der Waals surface area contributed by atoms with E-state index >= 15 is 0 Å². The van der Waals surface area contributed by atoms with Crippen molar-refractivity contribution < 1.29 is 18.0 Å². The summed E-state index contributed by atoms with van der Waals surface area (Å²) in [5.41, 5.74) is 4.14. The summed E-state index contributed by atoms with van der Waals surface area (Å²) in [5.74, 6) is -0.821. The predicted octanol–water partition coefficient (Wildman–Crippen LogP) is 3.78. The van der Waals surface area contributed by atoms with E-state index in [4.69, 9.17) is 17.3 Å². The first-order valence-corrected chi connectivity index (χ1v) is 7.02. The number of carbonyl (C=O) groups is 1. The largest absolute Gasteiger partial charge is 0.434 e. The van der Waals surface area contributed by atoms with Gasteiger partial charge in [-0.1, -0.05) is 11.6 Å². The highest BCUT2D eigenvalue weighted by atomic mass is 35.5. The van der Waals surface area contributed by atoms with Crippen molar-refractivity contribution in [1.29, 1.82) is 0 Å². The van der Waals surface area contributed by atoms with Gasteiger partial charge in [0.1, 0.15) is 0 Å². The molecular weight excluding hydrogens is 366 g/mol. The zero-order valence-electron chi connectivity index (χ0n) is 12.3. The summed E-state index contributed by atoms with van der Waals surface area (Å²) in [6, 6.07) is 8.55. The number of alkyl halides is 3. The lowest BCUT2D eigenvalue weighted by molar-refractivity contribution is -0.141. The van der Waals surface area contributed by atoms with E-state index in [1.54, 1.807) is 24.3 Å². The average molecular weight is 380 g/mol. The molecule has 24 heavy (non-hydrogen) atoms. The summed E-state index contributed by atoms with van der Waals surface area (Å²) in [6.07, 6.45) is -3.73. The Kier molecular flexibility index (Phi) is 7.01. The minimum absolute atomic E-state index is 0. The Morgan fingerprint density at radius 2 is 1.83 bits per heavy atom. The molecule has 0 aliphatic carbocycles. The second-order valence-electron chi connectivity index (χ2n) is 4.62. The van der Waals surface area contributed by atoms with E-state index in [-0.39, 0.29) is 25.5 Å². The molecule has 1 aromatic carbocycles. The Labute approximate surface area is 147 Å². The maximum Gasteiger partial charge on any atom is 0.434 e. The van der Waals surface area contributed by atoms with E-state index in [2.05, 4.69) is 4.98 Å². The molecule has 0 atom stereocenters. The number of amides is 1. The van der Waals surface area contributed by atoms with Crippen LogP contribution in [0.3, 0.4) is 0 Å². The van der Waals surface area contributed by atoms with Gasteiger partial charge >= 0.3 is 6.18 Å². The number of hydrogen-bond donors (Lipinski definition) is 1. The standard InChI is InChI=1S/C15H13ClF3N3O.ClH/c16-10-3-5-11(6-4-10)22(9-7-20)14(23)12-2-1-8-21-13(12)15(17,18)19;/h1-6,8H,7,9,20H2;1H. The molecule has 0 fully saturated rings. The Hall–Kier alpha value is -1.83. The second kappa shape index (κ2) is 8.32. The van der Waals surface area contributed by atoms with Crippen molar-refractivity contribution in [2.45, 2.75) is 6.18 Å². The molecule has 9 heteroatoms. The molecule has 1 heterocycles. The smallest absolute Gasteiger partial charge is 0.329 e. The van der Waals surface area contributed by atoms with E-state index in [1.165, 1.54) is 11.0 Å². The van der Waals surface area contributed by atoms with Gasteiger partial charge in [0.15, 0.2) is 5.69 Å². The van der Waals surface area contributed by atoms with Crippen molar-refractivity contribution in [2.75, 3.05) is 18.0 Å². The molecule has 0 saturated carbocycles. The topological polar surface area (TPSA) is 59.2 Å². The molecule has 130 valence electrons. The van der Waals surface area contributed by atoms with Gasteiger partial charge in [-0.3, -0.25) is 9.78 Å². The van der Waals surface area contributed by atoms with Crippen LogP contribution in [0.2, 0.25) is 5.02 Å². The maximum atomic E-state index is 13.0. The molecule has 2 N–H and O–H groups in total. The van der Waals surface area contributed by atoms with Gasteiger partial charge in [0, 0.05) is 30.0 Å². The van der Waals surface area contributed by atoms with Crippen LogP contribution in [0.4, 0.5) is 18.9 Å². The van der Waals surface area contributed by atoms with Gasteiger partial charge < -0.3 is 10.6 Å². The van der Waals surface area contributed by atoms with Gasteiger partial charge in [0.2, 0.25) is 0 Å². The van der Waals surface area contributed by atoms with Gasteiger partial charge in [-0.25, -0.2) is 0 Å². The number of nitrogens with zero attached hydrogens (tertiary/aromatic N) is 2. The van der Waals surface area contributed by atoms with Crippen molar-refractivity contribution >= 4 is 35.6 Å². The van der Waals surface area contributed by atoms with Gasteiger partial charge in [-0.15, -0.1) is 12.4 Å². The van der Waals surface area contributed by atoms with Crippen LogP contribution in [0, 0.1) is 0 Å². The number of aromatic nitrogens is 1. The van der Waals surface area contributed by atoms with Crippen LogP contribution in [0.1, 0.15) is 16.1 Å². The van der Waals surface area contributed by atoms with Crippen LogP contribution in [0.15, 0.2) is 42.6 Å². The summed E-state index contributed by atoms with van der Waals surface area (Å²) in [6.45, 7) is 0.155. The van der Waals surface area contributed by atoms with Crippen LogP contribution in [-0.4, -0.2) is 24.0 Å². The van der Waals surface area contributed by atoms with Crippen LogP contribution in [0.5, 0.6) is 0 Å². The third kappa shape index (κ3) is 4.59. The van der Waals surface area contributed by atoms with E-state index in [0.717, 1.165) is 12.3 Å². The van der Waals surface area contributed by atoms with Gasteiger partial charge in [-0.2, -0.15) is 13.2 Å². The number of pyridine rings is 1. The van der Waals surface area contributed by atoms with Gasteiger partial charge in [0.05, 0.1) is 5.56 Å². The predicted molar refractivity (Wildman–Crippen MR) is 88.7 cm³/mol. The lowest BCUT2D eigenvalue weighted by Crippen LogP contribution is -2.36. The number of benzene rings is 1. The molecule has 0 radical (unpaired) electrons. The molecule has 4 nitrogen and oxygen atoms in total. The zero-order chi connectivity index (χ0) is 17.0. The monoisotopic (exact) mass is 379 g/mol. The van der Waals surface area contributed by atoms with Crippen molar-refractivity contribution in [3.8, 4) is 0 Å². The minimum atomic E-state index is -4.72. The van der Waals surface area contributed by atoms with Crippen LogP contribution in [0.25, 0.3) is 0 Å².